The van der Waals surface area contributed by atoms with Gasteiger partial charge in [0, 0.05) is 25.0 Å². The van der Waals surface area contributed by atoms with Gasteiger partial charge in [-0.1, -0.05) is 39.0 Å². The molecule has 148 valence electrons. The molecule has 28 heavy (non-hydrogen) atoms. The smallest absolute Gasteiger partial charge is 0.270 e. The number of pyridine rings is 1. The van der Waals surface area contributed by atoms with E-state index in [-0.39, 0.29) is 11.3 Å². The number of aryl methyl sites for hydroxylation is 2. The van der Waals surface area contributed by atoms with Crippen molar-refractivity contribution in [3.05, 3.63) is 65.1 Å². The molecule has 0 radical (unpaired) electrons. The number of carbonyl (C=O) groups is 1. The summed E-state index contributed by atoms with van der Waals surface area (Å²) in [5.74, 6) is -0.0786. The van der Waals surface area contributed by atoms with Crippen LogP contribution in [0.25, 0.3) is 5.65 Å². The van der Waals surface area contributed by atoms with Gasteiger partial charge in [0.25, 0.3) is 5.91 Å². The van der Waals surface area contributed by atoms with Gasteiger partial charge < -0.3 is 10.6 Å². The van der Waals surface area contributed by atoms with Crippen LogP contribution in [0.2, 0.25) is 0 Å². The van der Waals surface area contributed by atoms with Crippen molar-refractivity contribution in [3.63, 3.8) is 0 Å². The predicted octanol–water partition coefficient (Wildman–Crippen LogP) is 4.48. The highest BCUT2D eigenvalue weighted by Gasteiger charge is 2.16. The molecule has 0 spiro atoms. The van der Waals surface area contributed by atoms with E-state index in [4.69, 9.17) is 0 Å². The summed E-state index contributed by atoms with van der Waals surface area (Å²) in [7, 11) is 0. The second kappa shape index (κ2) is 8.05. The zero-order chi connectivity index (χ0) is 20.3. The number of nitrogens with zero attached hydrogens (tertiary/aromatic N) is 2. The van der Waals surface area contributed by atoms with E-state index in [0.717, 1.165) is 35.6 Å². The monoisotopic (exact) mass is 378 g/mol. The van der Waals surface area contributed by atoms with E-state index in [2.05, 4.69) is 60.7 Å². The largest absolute Gasteiger partial charge is 0.385 e. The lowest BCUT2D eigenvalue weighted by Gasteiger charge is -2.19. The van der Waals surface area contributed by atoms with Gasteiger partial charge in [-0.25, -0.2) is 4.98 Å². The van der Waals surface area contributed by atoms with Crippen LogP contribution in [-0.4, -0.2) is 28.4 Å². The Morgan fingerprint density at radius 1 is 1.04 bits per heavy atom. The number of fused-ring (bicyclic) bond motifs is 1. The van der Waals surface area contributed by atoms with Gasteiger partial charge in [0.2, 0.25) is 0 Å². The van der Waals surface area contributed by atoms with Crippen LogP contribution in [0.3, 0.4) is 0 Å². The van der Waals surface area contributed by atoms with E-state index in [1.165, 1.54) is 5.56 Å². The molecule has 1 amide bonds. The number of aromatic nitrogens is 2. The molecule has 0 fully saturated rings. The first-order chi connectivity index (χ1) is 13.3. The Balaban J connectivity index is 1.50. The van der Waals surface area contributed by atoms with E-state index in [9.17, 15) is 4.79 Å². The Labute approximate surface area is 167 Å². The number of hydrogen-bond donors (Lipinski definition) is 2. The lowest BCUT2D eigenvalue weighted by atomic mass is 9.87. The maximum Gasteiger partial charge on any atom is 0.270 e. The predicted molar refractivity (Wildman–Crippen MR) is 115 cm³/mol. The zero-order valence-electron chi connectivity index (χ0n) is 17.5. The number of benzene rings is 1. The molecular formula is C23H30N4O. The minimum Gasteiger partial charge on any atom is -0.385 e. The first-order valence-electron chi connectivity index (χ1n) is 9.83. The van der Waals surface area contributed by atoms with Crippen LogP contribution in [0.4, 0.5) is 5.69 Å². The van der Waals surface area contributed by atoms with E-state index >= 15 is 0 Å². The van der Waals surface area contributed by atoms with Gasteiger partial charge in [-0.2, -0.15) is 0 Å². The molecule has 3 rings (SSSR count). The minimum atomic E-state index is -0.0786. The molecule has 2 heterocycles. The molecule has 0 saturated heterocycles. The topological polar surface area (TPSA) is 58.4 Å². The summed E-state index contributed by atoms with van der Waals surface area (Å²) in [5.41, 5.74) is 5.85. The maximum atomic E-state index is 12.6. The summed E-state index contributed by atoms with van der Waals surface area (Å²) in [6.07, 6.45) is 2.80. The highest BCUT2D eigenvalue weighted by atomic mass is 16.1. The molecule has 0 aliphatic rings. The van der Waals surface area contributed by atoms with Crippen molar-refractivity contribution in [1.82, 2.24) is 14.7 Å². The summed E-state index contributed by atoms with van der Waals surface area (Å²) in [5, 5.41) is 6.42. The summed E-state index contributed by atoms with van der Waals surface area (Å²) in [4.78, 5) is 17.1. The quantitative estimate of drug-likeness (QED) is 0.622. The molecule has 2 N–H and O–H groups in total. The van der Waals surface area contributed by atoms with Gasteiger partial charge >= 0.3 is 0 Å². The third-order valence-corrected chi connectivity index (χ3v) is 4.87. The minimum absolute atomic E-state index is 0.0786. The Morgan fingerprint density at radius 2 is 1.75 bits per heavy atom. The molecule has 0 aliphatic heterocycles. The van der Waals surface area contributed by atoms with Crippen molar-refractivity contribution in [1.29, 1.82) is 0 Å². The lowest BCUT2D eigenvalue weighted by Crippen LogP contribution is -2.27. The summed E-state index contributed by atoms with van der Waals surface area (Å²) < 4.78 is 1.87. The zero-order valence-corrected chi connectivity index (χ0v) is 17.5. The van der Waals surface area contributed by atoms with Crippen LogP contribution in [0, 0.1) is 13.8 Å². The third-order valence-electron chi connectivity index (χ3n) is 4.87. The van der Waals surface area contributed by atoms with E-state index < -0.39 is 0 Å². The average molecular weight is 379 g/mol. The normalized spacial score (nSPS) is 11.6. The van der Waals surface area contributed by atoms with Crippen molar-refractivity contribution < 1.29 is 4.79 Å². The Bertz CT molecular complexity index is 965. The standard InChI is InChI=1S/C23H30N4O/c1-16-7-12-20-26-17(2)21(27(20)15-16)22(28)25-14-6-13-24-19-10-8-18(9-11-19)23(3,4)5/h7-12,15,24H,6,13-14H2,1-5H3,(H,25,28). The summed E-state index contributed by atoms with van der Waals surface area (Å²) in [6, 6.07) is 12.5. The molecule has 5 heteroatoms. The van der Waals surface area contributed by atoms with E-state index in [1.54, 1.807) is 0 Å². The van der Waals surface area contributed by atoms with Crippen LogP contribution >= 0.6 is 0 Å². The first kappa shape index (κ1) is 19.9. The van der Waals surface area contributed by atoms with E-state index in [1.807, 2.05) is 36.6 Å². The molecular weight excluding hydrogens is 348 g/mol. The highest BCUT2D eigenvalue weighted by molar-refractivity contribution is 5.94. The van der Waals surface area contributed by atoms with Crippen molar-refractivity contribution in [2.24, 2.45) is 0 Å². The van der Waals surface area contributed by atoms with Gasteiger partial charge in [-0.3, -0.25) is 9.20 Å². The average Bonchev–Trinajstić information content (AvgIpc) is 2.96. The summed E-state index contributed by atoms with van der Waals surface area (Å²) in [6.45, 7) is 11.9. The fourth-order valence-corrected chi connectivity index (χ4v) is 3.24. The van der Waals surface area contributed by atoms with Crippen molar-refractivity contribution in [2.75, 3.05) is 18.4 Å². The maximum absolute atomic E-state index is 12.6. The fraction of sp³-hybridized carbons (Fsp3) is 0.391. The lowest BCUT2D eigenvalue weighted by molar-refractivity contribution is 0.0947. The number of nitrogens with one attached hydrogen (secondary N) is 2. The molecule has 5 nitrogen and oxygen atoms in total. The molecule has 0 bridgehead atoms. The second-order valence-electron chi connectivity index (χ2n) is 8.34. The van der Waals surface area contributed by atoms with Gasteiger partial charge in [0.05, 0.1) is 5.69 Å². The molecule has 0 atom stereocenters. The Morgan fingerprint density at radius 3 is 2.43 bits per heavy atom. The molecule has 0 saturated carbocycles. The molecule has 2 aromatic heterocycles. The number of amides is 1. The second-order valence-corrected chi connectivity index (χ2v) is 8.34. The number of carbonyl (C=O) groups excluding carboxylic acids is 1. The van der Waals surface area contributed by atoms with Gasteiger partial charge in [0.1, 0.15) is 11.3 Å². The number of anilines is 1. The van der Waals surface area contributed by atoms with Gasteiger partial charge in [-0.15, -0.1) is 0 Å². The fourth-order valence-electron chi connectivity index (χ4n) is 3.24. The van der Waals surface area contributed by atoms with Crippen LogP contribution in [0.15, 0.2) is 42.6 Å². The summed E-state index contributed by atoms with van der Waals surface area (Å²) >= 11 is 0. The first-order valence-corrected chi connectivity index (χ1v) is 9.83. The van der Waals surface area contributed by atoms with Gasteiger partial charge in [-0.05, 0) is 55.0 Å². The van der Waals surface area contributed by atoms with Crippen LogP contribution in [-0.2, 0) is 5.41 Å². The molecule has 1 aromatic carbocycles. The SMILES string of the molecule is Cc1ccc2nc(C)c(C(=O)NCCCNc3ccc(C(C)(C)C)cc3)n2c1. The van der Waals surface area contributed by atoms with Crippen molar-refractivity contribution in [2.45, 2.75) is 46.5 Å². The number of imidazole rings is 1. The Kier molecular flexibility index (Phi) is 5.73. The van der Waals surface area contributed by atoms with Crippen LogP contribution < -0.4 is 10.6 Å². The molecule has 0 aliphatic carbocycles. The van der Waals surface area contributed by atoms with Gasteiger partial charge in [0.15, 0.2) is 0 Å². The number of hydrogen-bond acceptors (Lipinski definition) is 3. The third kappa shape index (κ3) is 4.53. The van der Waals surface area contributed by atoms with Crippen LogP contribution in [0.5, 0.6) is 0 Å². The highest BCUT2D eigenvalue weighted by Crippen LogP contribution is 2.23. The van der Waals surface area contributed by atoms with Crippen molar-refractivity contribution >= 4 is 17.2 Å². The van der Waals surface area contributed by atoms with Crippen molar-refractivity contribution in [3.8, 4) is 0 Å². The molecule has 0 unspecified atom stereocenters. The number of rotatable bonds is 6. The van der Waals surface area contributed by atoms with E-state index in [0.29, 0.717) is 12.2 Å². The van der Waals surface area contributed by atoms with Crippen LogP contribution in [0.1, 0.15) is 54.5 Å². The molecule has 3 aromatic rings. The Hall–Kier alpha value is -2.82.